The summed E-state index contributed by atoms with van der Waals surface area (Å²) in [5, 5.41) is 9.98. The largest absolute Gasteiger partial charge is 0.872 e. The molecule has 0 atom stereocenters. The van der Waals surface area contributed by atoms with Crippen LogP contribution in [-0.2, 0) is 4.79 Å². The topological polar surface area (TPSA) is 40.1 Å². The molecular weight excluding hydrogens is 333 g/mol. The van der Waals surface area contributed by atoms with E-state index < -0.39 is 57.3 Å². The first-order valence-electron chi connectivity index (χ1n) is 5.80. The highest BCUT2D eigenvalue weighted by Gasteiger charge is 2.36. The number of alkyl halides is 3. The lowest BCUT2D eigenvalue weighted by atomic mass is 10.0. The molecule has 0 fully saturated rings. The van der Waals surface area contributed by atoms with E-state index in [2.05, 4.69) is 0 Å². The Morgan fingerprint density at radius 1 is 0.913 bits per heavy atom. The van der Waals surface area contributed by atoms with E-state index in [1.165, 1.54) is 0 Å². The number of carbonyl (C=O) groups is 1. The summed E-state index contributed by atoms with van der Waals surface area (Å²) in [4.78, 5) is 10.7. The van der Waals surface area contributed by atoms with Gasteiger partial charge in [0.1, 0.15) is 0 Å². The van der Waals surface area contributed by atoms with Crippen LogP contribution in [0.25, 0.3) is 16.5 Å². The Hall–Kier alpha value is -2.58. The molecule has 0 radical (unpaired) electrons. The zero-order valence-electron chi connectivity index (χ0n) is 10.8. The van der Waals surface area contributed by atoms with Crippen molar-refractivity contribution in [1.29, 1.82) is 0 Å². The quantitative estimate of drug-likeness (QED) is 0.278. The summed E-state index contributed by atoms with van der Waals surface area (Å²) in [5.74, 6) is -11.6. The first-order chi connectivity index (χ1) is 10.5. The Morgan fingerprint density at radius 2 is 1.43 bits per heavy atom. The van der Waals surface area contributed by atoms with Crippen LogP contribution < -0.4 is 5.11 Å². The molecule has 0 N–H and O–H groups in total. The molecule has 0 aromatic heterocycles. The van der Waals surface area contributed by atoms with Crippen molar-refractivity contribution in [3.8, 4) is 0 Å². The Labute approximate surface area is 123 Å². The van der Waals surface area contributed by atoms with Crippen LogP contribution in [-0.4, -0.2) is 12.0 Å². The van der Waals surface area contributed by atoms with Gasteiger partial charge in [-0.25, -0.2) is 17.6 Å². The molecule has 0 amide bonds. The standard InChI is InChI=1S/C14H5F7O2/c15-10-6-2-1-5(8(22)4-9(23)14(19,20)21)3-7(6)11(16)13(18)12(10)17/h1-4,22H/p-1/b8-4-. The van der Waals surface area contributed by atoms with E-state index in [1.54, 1.807) is 0 Å². The maximum absolute atomic E-state index is 13.6. The minimum Gasteiger partial charge on any atom is -0.872 e. The van der Waals surface area contributed by atoms with Gasteiger partial charge in [0, 0.05) is 10.8 Å². The van der Waals surface area contributed by atoms with Crippen LogP contribution in [0.3, 0.4) is 0 Å². The number of halogens is 7. The predicted molar refractivity (Wildman–Crippen MR) is 62.8 cm³/mol. The Bertz CT molecular complexity index is 837. The third-order valence-corrected chi connectivity index (χ3v) is 2.90. The van der Waals surface area contributed by atoms with E-state index in [0.717, 1.165) is 6.07 Å². The number of fused-ring (bicyclic) bond motifs is 1. The van der Waals surface area contributed by atoms with Crippen LogP contribution in [0.15, 0.2) is 24.3 Å². The zero-order chi connectivity index (χ0) is 17.5. The van der Waals surface area contributed by atoms with Crippen molar-refractivity contribution in [3.63, 3.8) is 0 Å². The van der Waals surface area contributed by atoms with Gasteiger partial charge in [-0.15, -0.1) is 0 Å². The lowest BCUT2D eigenvalue weighted by Crippen LogP contribution is -2.21. The van der Waals surface area contributed by atoms with E-state index in [4.69, 9.17) is 0 Å². The third kappa shape index (κ3) is 2.99. The molecule has 9 heteroatoms. The molecule has 2 aromatic carbocycles. The molecule has 0 saturated carbocycles. The second-order valence-corrected chi connectivity index (χ2v) is 4.39. The molecule has 2 rings (SSSR count). The number of hydrogen-bond donors (Lipinski definition) is 0. The molecule has 2 aromatic rings. The fourth-order valence-corrected chi connectivity index (χ4v) is 1.78. The number of carbonyl (C=O) groups excluding carboxylic acids is 1. The van der Waals surface area contributed by atoms with Crippen molar-refractivity contribution >= 4 is 22.3 Å². The SMILES string of the molecule is O=C(/C=C(\[O-])c1ccc2c(F)c(F)c(F)c(F)c2c1)C(F)(F)F. The van der Waals surface area contributed by atoms with Crippen molar-refractivity contribution in [2.24, 2.45) is 0 Å². The normalized spacial score (nSPS) is 12.7. The molecule has 0 heterocycles. The highest BCUT2D eigenvalue weighted by molar-refractivity contribution is 5.99. The van der Waals surface area contributed by atoms with Crippen molar-refractivity contribution in [2.45, 2.75) is 6.18 Å². The van der Waals surface area contributed by atoms with E-state index in [1.807, 2.05) is 0 Å². The lowest BCUT2D eigenvalue weighted by molar-refractivity contribution is -0.244. The monoisotopic (exact) mass is 337 g/mol. The van der Waals surface area contributed by atoms with Crippen LogP contribution in [0.4, 0.5) is 30.7 Å². The maximum Gasteiger partial charge on any atom is 0.454 e. The van der Waals surface area contributed by atoms with Crippen molar-refractivity contribution in [2.75, 3.05) is 0 Å². The summed E-state index contributed by atoms with van der Waals surface area (Å²) in [7, 11) is 0. The van der Waals surface area contributed by atoms with Crippen LogP contribution >= 0.6 is 0 Å². The molecule has 0 saturated heterocycles. The first-order valence-corrected chi connectivity index (χ1v) is 5.80. The first kappa shape index (κ1) is 16.8. The Balaban J connectivity index is 2.62. The summed E-state index contributed by atoms with van der Waals surface area (Å²) in [6.07, 6.45) is -5.56. The summed E-state index contributed by atoms with van der Waals surface area (Å²) in [6, 6.07) is 1.97. The highest BCUT2D eigenvalue weighted by Crippen LogP contribution is 2.29. The number of hydrogen-bond acceptors (Lipinski definition) is 2. The summed E-state index contributed by atoms with van der Waals surface area (Å²) >= 11 is 0. The third-order valence-electron chi connectivity index (χ3n) is 2.90. The highest BCUT2D eigenvalue weighted by atomic mass is 19.4. The van der Waals surface area contributed by atoms with Gasteiger partial charge in [-0.3, -0.25) is 4.79 Å². The molecule has 0 bridgehead atoms. The molecule has 0 spiro atoms. The molecule has 0 aliphatic rings. The molecule has 0 aliphatic heterocycles. The van der Waals surface area contributed by atoms with Crippen LogP contribution in [0.2, 0.25) is 0 Å². The van der Waals surface area contributed by atoms with Gasteiger partial charge in [0.2, 0.25) is 0 Å². The lowest BCUT2D eigenvalue weighted by Gasteiger charge is -2.14. The second kappa shape index (κ2) is 5.56. The fourth-order valence-electron chi connectivity index (χ4n) is 1.78. The van der Waals surface area contributed by atoms with E-state index in [-0.39, 0.29) is 6.08 Å². The molecular formula is C14H4F7O2-. The minimum absolute atomic E-state index is 0.282. The minimum atomic E-state index is -5.28. The number of ketones is 1. The van der Waals surface area contributed by atoms with Gasteiger partial charge < -0.3 is 5.11 Å². The van der Waals surface area contributed by atoms with Gasteiger partial charge in [0.15, 0.2) is 23.3 Å². The van der Waals surface area contributed by atoms with Gasteiger partial charge in [0.25, 0.3) is 5.78 Å². The Kier molecular flexibility index (Phi) is 4.06. The van der Waals surface area contributed by atoms with Gasteiger partial charge in [-0.1, -0.05) is 17.9 Å². The average Bonchev–Trinajstić information content (AvgIpc) is 2.49. The molecule has 0 aliphatic carbocycles. The van der Waals surface area contributed by atoms with Gasteiger partial charge in [-0.05, 0) is 17.7 Å². The molecule has 122 valence electrons. The fraction of sp³-hybridized carbons (Fsp3) is 0.0714. The number of allylic oxidation sites excluding steroid dienone is 1. The number of rotatable bonds is 2. The number of benzene rings is 2. The van der Waals surface area contributed by atoms with Crippen LogP contribution in [0, 0.1) is 23.3 Å². The molecule has 23 heavy (non-hydrogen) atoms. The molecule has 2 nitrogen and oxygen atoms in total. The maximum atomic E-state index is 13.6. The summed E-state index contributed by atoms with van der Waals surface area (Å²) in [5.41, 5.74) is -0.626. The van der Waals surface area contributed by atoms with Crippen molar-refractivity contribution in [3.05, 3.63) is 53.1 Å². The zero-order valence-corrected chi connectivity index (χ0v) is 10.8. The van der Waals surface area contributed by atoms with Gasteiger partial charge in [0.05, 0.1) is 0 Å². The predicted octanol–water partition coefficient (Wildman–Crippen LogP) is 3.23. The Morgan fingerprint density at radius 3 is 1.96 bits per heavy atom. The summed E-state index contributed by atoms with van der Waals surface area (Å²) < 4.78 is 89.4. The van der Waals surface area contributed by atoms with Crippen molar-refractivity contribution < 1.29 is 40.6 Å². The van der Waals surface area contributed by atoms with E-state index in [9.17, 15) is 40.6 Å². The second-order valence-electron chi connectivity index (χ2n) is 4.39. The summed E-state index contributed by atoms with van der Waals surface area (Å²) in [6.45, 7) is 0. The van der Waals surface area contributed by atoms with Crippen LogP contribution in [0.5, 0.6) is 0 Å². The smallest absolute Gasteiger partial charge is 0.454 e. The van der Waals surface area contributed by atoms with Gasteiger partial charge in [-0.2, -0.15) is 13.2 Å². The molecule has 0 unspecified atom stereocenters. The van der Waals surface area contributed by atoms with Crippen molar-refractivity contribution in [1.82, 2.24) is 0 Å². The van der Waals surface area contributed by atoms with Gasteiger partial charge >= 0.3 is 6.18 Å². The average molecular weight is 337 g/mol. The van der Waals surface area contributed by atoms with E-state index >= 15 is 0 Å². The van der Waals surface area contributed by atoms with E-state index in [0.29, 0.717) is 12.1 Å². The van der Waals surface area contributed by atoms with Crippen LogP contribution in [0.1, 0.15) is 5.56 Å².